The van der Waals surface area contributed by atoms with E-state index in [1.165, 1.54) is 6.07 Å². The lowest BCUT2D eigenvalue weighted by atomic mass is 10.1. The van der Waals surface area contributed by atoms with Crippen molar-refractivity contribution in [2.45, 2.75) is 6.92 Å². The first-order valence-electron chi connectivity index (χ1n) is 9.54. The first kappa shape index (κ1) is 19.0. The van der Waals surface area contributed by atoms with Crippen molar-refractivity contribution in [3.63, 3.8) is 0 Å². The SMILES string of the molecule is Cc1[nH]nc2c1N=C(c1c(F)ccc(Cl)c1F)Nc1ccc(N3CCOCC3)cc1-2. The van der Waals surface area contributed by atoms with E-state index >= 15 is 0 Å². The number of rotatable bonds is 2. The molecule has 0 unspecified atom stereocenters. The second-order valence-corrected chi connectivity index (χ2v) is 7.59. The third-order valence-electron chi connectivity index (χ3n) is 5.31. The monoisotopic (exact) mass is 429 g/mol. The van der Waals surface area contributed by atoms with Gasteiger partial charge in [-0.25, -0.2) is 13.8 Å². The van der Waals surface area contributed by atoms with Crippen molar-refractivity contribution in [1.29, 1.82) is 0 Å². The van der Waals surface area contributed by atoms with E-state index in [0.717, 1.165) is 30.4 Å². The Labute approximate surface area is 176 Å². The Kier molecular flexibility index (Phi) is 4.67. The van der Waals surface area contributed by atoms with Crippen molar-refractivity contribution in [3.8, 4) is 11.3 Å². The maximum absolute atomic E-state index is 14.7. The van der Waals surface area contributed by atoms with E-state index in [4.69, 9.17) is 16.3 Å². The van der Waals surface area contributed by atoms with Crippen LogP contribution >= 0.6 is 11.6 Å². The first-order valence-corrected chi connectivity index (χ1v) is 9.92. The van der Waals surface area contributed by atoms with Crippen LogP contribution in [0.15, 0.2) is 35.3 Å². The highest BCUT2D eigenvalue weighted by molar-refractivity contribution is 6.31. The molecule has 1 saturated heterocycles. The number of aryl methyl sites for hydroxylation is 1. The zero-order valence-corrected chi connectivity index (χ0v) is 16.9. The molecular weight excluding hydrogens is 412 g/mol. The summed E-state index contributed by atoms with van der Waals surface area (Å²) < 4.78 is 34.7. The number of nitrogens with one attached hydrogen (secondary N) is 2. The minimum atomic E-state index is -0.862. The molecule has 3 aromatic rings. The lowest BCUT2D eigenvalue weighted by Crippen LogP contribution is -2.36. The molecule has 2 aliphatic heterocycles. The van der Waals surface area contributed by atoms with Crippen molar-refractivity contribution in [3.05, 3.63) is 58.2 Å². The van der Waals surface area contributed by atoms with Gasteiger partial charge in [0.1, 0.15) is 23.0 Å². The highest BCUT2D eigenvalue weighted by Crippen LogP contribution is 2.41. The number of aromatic amines is 1. The number of ether oxygens (including phenoxy) is 1. The lowest BCUT2D eigenvalue weighted by molar-refractivity contribution is 0.122. The van der Waals surface area contributed by atoms with Crippen LogP contribution in [0.2, 0.25) is 5.02 Å². The van der Waals surface area contributed by atoms with E-state index in [-0.39, 0.29) is 16.4 Å². The molecule has 2 aromatic carbocycles. The molecule has 5 rings (SSSR count). The predicted octanol–water partition coefficient (Wildman–Crippen LogP) is 4.66. The average molecular weight is 430 g/mol. The molecule has 0 atom stereocenters. The molecule has 0 saturated carbocycles. The molecule has 0 radical (unpaired) electrons. The molecule has 1 fully saturated rings. The quantitative estimate of drug-likeness (QED) is 0.582. The molecule has 9 heteroatoms. The van der Waals surface area contributed by atoms with E-state index < -0.39 is 11.6 Å². The van der Waals surface area contributed by atoms with Gasteiger partial charge in [0.25, 0.3) is 0 Å². The molecule has 0 bridgehead atoms. The van der Waals surface area contributed by atoms with E-state index in [2.05, 4.69) is 25.4 Å². The van der Waals surface area contributed by atoms with E-state index in [1.807, 2.05) is 25.1 Å². The van der Waals surface area contributed by atoms with Crippen LogP contribution in [0.3, 0.4) is 0 Å². The smallest absolute Gasteiger partial charge is 0.155 e. The van der Waals surface area contributed by atoms with Gasteiger partial charge in [0.05, 0.1) is 29.5 Å². The third kappa shape index (κ3) is 3.12. The number of fused-ring (bicyclic) bond motifs is 3. The van der Waals surface area contributed by atoms with Crippen LogP contribution in [0.5, 0.6) is 0 Å². The molecular formula is C21H18ClF2N5O. The zero-order chi connectivity index (χ0) is 20.8. The number of H-pyrrole nitrogens is 1. The number of anilines is 2. The second-order valence-electron chi connectivity index (χ2n) is 7.18. The molecule has 0 aliphatic carbocycles. The van der Waals surface area contributed by atoms with Crippen molar-refractivity contribution in [2.24, 2.45) is 4.99 Å². The van der Waals surface area contributed by atoms with Crippen LogP contribution in [0, 0.1) is 18.6 Å². The van der Waals surface area contributed by atoms with Crippen LogP contribution in [0.1, 0.15) is 11.3 Å². The Hall–Kier alpha value is -2.97. The summed E-state index contributed by atoms with van der Waals surface area (Å²) in [5.74, 6) is -1.57. The lowest BCUT2D eigenvalue weighted by Gasteiger charge is -2.29. The number of benzene rings is 2. The summed E-state index contributed by atoms with van der Waals surface area (Å²) in [6.45, 7) is 4.73. The fourth-order valence-corrected chi connectivity index (χ4v) is 3.89. The Balaban J connectivity index is 1.66. The summed E-state index contributed by atoms with van der Waals surface area (Å²) >= 11 is 5.90. The van der Waals surface area contributed by atoms with Crippen molar-refractivity contribution in [2.75, 3.05) is 36.5 Å². The number of nitrogens with zero attached hydrogens (tertiary/aromatic N) is 3. The largest absolute Gasteiger partial charge is 0.378 e. The molecule has 0 amide bonds. The number of halogens is 3. The van der Waals surface area contributed by atoms with Gasteiger partial charge in [0, 0.05) is 30.0 Å². The number of hydrogen-bond donors (Lipinski definition) is 2. The number of amidine groups is 1. The van der Waals surface area contributed by atoms with Gasteiger partial charge in [-0.2, -0.15) is 5.10 Å². The van der Waals surface area contributed by atoms with Crippen molar-refractivity contribution in [1.82, 2.24) is 10.2 Å². The molecule has 3 heterocycles. The Morgan fingerprint density at radius 3 is 2.73 bits per heavy atom. The number of hydrogen-bond acceptors (Lipinski definition) is 5. The highest BCUT2D eigenvalue weighted by atomic mass is 35.5. The molecule has 154 valence electrons. The van der Waals surface area contributed by atoms with Crippen LogP contribution in [0.4, 0.5) is 25.8 Å². The standard InChI is InChI=1S/C21H18ClF2N5O/c1-11-19-20(28-27-11)13-10-12(29-6-8-30-9-7-29)2-5-16(13)25-21(26-19)17-15(23)4-3-14(22)18(17)24/h2-5,10H,6-9H2,1H3,(H,25,26)(H,27,28). The van der Waals surface area contributed by atoms with Crippen LogP contribution < -0.4 is 10.2 Å². The van der Waals surface area contributed by atoms with Gasteiger partial charge in [-0.15, -0.1) is 0 Å². The minimum Gasteiger partial charge on any atom is -0.378 e. The molecule has 2 N–H and O–H groups in total. The normalized spacial score (nSPS) is 15.7. The van der Waals surface area contributed by atoms with Crippen LogP contribution in [0.25, 0.3) is 11.3 Å². The highest BCUT2D eigenvalue weighted by Gasteiger charge is 2.26. The molecule has 1 aromatic heterocycles. The third-order valence-corrected chi connectivity index (χ3v) is 5.60. The van der Waals surface area contributed by atoms with Crippen LogP contribution in [-0.4, -0.2) is 42.3 Å². The van der Waals surface area contributed by atoms with Gasteiger partial charge in [0.15, 0.2) is 5.82 Å². The van der Waals surface area contributed by atoms with E-state index in [0.29, 0.717) is 36.0 Å². The maximum atomic E-state index is 14.7. The maximum Gasteiger partial charge on any atom is 0.155 e. The Morgan fingerprint density at radius 2 is 1.93 bits per heavy atom. The molecule has 2 aliphatic rings. The fraction of sp³-hybridized carbons (Fsp3) is 0.238. The molecule has 30 heavy (non-hydrogen) atoms. The van der Waals surface area contributed by atoms with E-state index in [9.17, 15) is 8.78 Å². The first-order chi connectivity index (χ1) is 14.5. The Morgan fingerprint density at radius 1 is 1.13 bits per heavy atom. The predicted molar refractivity (Wildman–Crippen MR) is 113 cm³/mol. The molecule has 0 spiro atoms. The van der Waals surface area contributed by atoms with Gasteiger partial charge >= 0.3 is 0 Å². The zero-order valence-electron chi connectivity index (χ0n) is 16.1. The van der Waals surface area contributed by atoms with E-state index in [1.54, 1.807) is 0 Å². The van der Waals surface area contributed by atoms with Gasteiger partial charge in [0.2, 0.25) is 0 Å². The average Bonchev–Trinajstić information content (AvgIpc) is 3.03. The number of aromatic nitrogens is 2. The van der Waals surface area contributed by atoms with Crippen LogP contribution in [-0.2, 0) is 4.74 Å². The summed E-state index contributed by atoms with van der Waals surface area (Å²) in [5.41, 5.74) is 3.98. The van der Waals surface area contributed by atoms with Gasteiger partial charge in [-0.05, 0) is 37.3 Å². The number of aliphatic imine (C=N–C) groups is 1. The summed E-state index contributed by atoms with van der Waals surface area (Å²) in [6.07, 6.45) is 0. The topological polar surface area (TPSA) is 65.5 Å². The fourth-order valence-electron chi connectivity index (χ4n) is 3.73. The Bertz CT molecular complexity index is 1170. The summed E-state index contributed by atoms with van der Waals surface area (Å²) in [7, 11) is 0. The van der Waals surface area contributed by atoms with Crippen molar-refractivity contribution < 1.29 is 13.5 Å². The van der Waals surface area contributed by atoms with Gasteiger partial charge in [-0.1, -0.05) is 11.6 Å². The minimum absolute atomic E-state index is 0.0381. The summed E-state index contributed by atoms with van der Waals surface area (Å²) in [6, 6.07) is 8.15. The van der Waals surface area contributed by atoms with Gasteiger partial charge in [-0.3, -0.25) is 5.10 Å². The second kappa shape index (κ2) is 7.37. The summed E-state index contributed by atoms with van der Waals surface area (Å²) in [4.78, 5) is 6.76. The van der Waals surface area contributed by atoms with Crippen molar-refractivity contribution >= 4 is 34.5 Å². The van der Waals surface area contributed by atoms with Gasteiger partial charge < -0.3 is 15.0 Å². The summed E-state index contributed by atoms with van der Waals surface area (Å²) in [5, 5.41) is 10.2. The molecule has 6 nitrogen and oxygen atoms in total. The number of morpholine rings is 1.